The van der Waals surface area contributed by atoms with Crippen LogP contribution in [-0.2, 0) is 4.74 Å². The Hall–Kier alpha value is -0.810. The molecular weight excluding hydrogens is 158 g/mol. The molecule has 0 radical (unpaired) electrons. The van der Waals surface area contributed by atoms with Crippen LogP contribution >= 0.6 is 0 Å². The number of hydrogen-bond acceptors (Lipinski definition) is 4. The van der Waals surface area contributed by atoms with Gasteiger partial charge in [0.05, 0.1) is 6.54 Å². The Bertz CT molecular complexity index is 139. The Labute approximate surface area is 72.8 Å². The second-order valence-corrected chi connectivity index (χ2v) is 2.68. The number of likely N-dealkylation sites (N-methyl/N-ethyl adjacent to an activating group) is 1. The van der Waals surface area contributed by atoms with E-state index in [2.05, 4.69) is 5.16 Å². The van der Waals surface area contributed by atoms with Crippen LogP contribution in [0.5, 0.6) is 0 Å². The van der Waals surface area contributed by atoms with E-state index in [0.717, 1.165) is 19.6 Å². The van der Waals surface area contributed by atoms with Crippen molar-refractivity contribution in [2.24, 2.45) is 10.9 Å². The molecule has 0 aromatic carbocycles. The molecule has 0 amide bonds. The molecule has 0 rings (SSSR count). The van der Waals surface area contributed by atoms with Gasteiger partial charge in [0.25, 0.3) is 0 Å². The standard InChI is InChI=1S/C7H17N3O2/c1-10(4-3-5-12-2)6-7(8)9-11/h11H,3-6H2,1-2H3,(H2,8,9). The van der Waals surface area contributed by atoms with E-state index >= 15 is 0 Å². The van der Waals surface area contributed by atoms with Crippen molar-refractivity contribution in [3.63, 3.8) is 0 Å². The summed E-state index contributed by atoms with van der Waals surface area (Å²) in [5.74, 6) is 0.231. The number of hydrogen-bond donors (Lipinski definition) is 2. The molecule has 5 heteroatoms. The highest BCUT2D eigenvalue weighted by Gasteiger charge is 2.00. The summed E-state index contributed by atoms with van der Waals surface area (Å²) in [6.45, 7) is 2.10. The zero-order valence-electron chi connectivity index (χ0n) is 7.66. The van der Waals surface area contributed by atoms with Crippen molar-refractivity contribution in [3.8, 4) is 0 Å². The number of ether oxygens (including phenoxy) is 1. The summed E-state index contributed by atoms with van der Waals surface area (Å²) in [5.41, 5.74) is 5.31. The summed E-state index contributed by atoms with van der Waals surface area (Å²) in [7, 11) is 3.58. The van der Waals surface area contributed by atoms with E-state index in [1.165, 1.54) is 0 Å². The minimum absolute atomic E-state index is 0.231. The van der Waals surface area contributed by atoms with Gasteiger partial charge in [-0.25, -0.2) is 0 Å². The molecule has 3 N–H and O–H groups in total. The molecule has 0 fully saturated rings. The number of nitrogens with two attached hydrogens (primary N) is 1. The first-order valence-corrected chi connectivity index (χ1v) is 3.84. The first kappa shape index (κ1) is 11.2. The third-order valence-electron chi connectivity index (χ3n) is 1.45. The quantitative estimate of drug-likeness (QED) is 0.191. The maximum Gasteiger partial charge on any atom is 0.153 e. The number of amidine groups is 1. The highest BCUT2D eigenvalue weighted by molar-refractivity contribution is 5.81. The molecule has 0 aliphatic rings. The Kier molecular flexibility index (Phi) is 6.41. The Morgan fingerprint density at radius 2 is 2.33 bits per heavy atom. The number of oxime groups is 1. The highest BCUT2D eigenvalue weighted by atomic mass is 16.5. The molecule has 0 aromatic rings. The van der Waals surface area contributed by atoms with E-state index in [9.17, 15) is 0 Å². The minimum atomic E-state index is 0.231. The zero-order chi connectivity index (χ0) is 9.40. The van der Waals surface area contributed by atoms with Crippen molar-refractivity contribution in [1.82, 2.24) is 4.90 Å². The van der Waals surface area contributed by atoms with Gasteiger partial charge in [0.1, 0.15) is 0 Å². The van der Waals surface area contributed by atoms with Crippen molar-refractivity contribution >= 4 is 5.84 Å². The van der Waals surface area contributed by atoms with E-state index in [1.54, 1.807) is 7.11 Å². The fourth-order valence-corrected chi connectivity index (χ4v) is 0.866. The first-order chi connectivity index (χ1) is 5.70. The second kappa shape index (κ2) is 6.87. The summed E-state index contributed by atoms with van der Waals surface area (Å²) in [6, 6.07) is 0. The van der Waals surface area contributed by atoms with Gasteiger partial charge in [-0.2, -0.15) is 0 Å². The summed E-state index contributed by atoms with van der Waals surface area (Å²) in [4.78, 5) is 1.97. The Balaban J connectivity index is 3.39. The van der Waals surface area contributed by atoms with Crippen LogP contribution in [0.1, 0.15) is 6.42 Å². The molecule has 0 unspecified atom stereocenters. The molecule has 0 heterocycles. The predicted molar refractivity (Wildman–Crippen MR) is 47.4 cm³/mol. The largest absolute Gasteiger partial charge is 0.409 e. The molecule has 0 atom stereocenters. The topological polar surface area (TPSA) is 71.1 Å². The van der Waals surface area contributed by atoms with E-state index in [4.69, 9.17) is 15.7 Å². The summed E-state index contributed by atoms with van der Waals surface area (Å²) in [6.07, 6.45) is 0.950. The van der Waals surface area contributed by atoms with Crippen molar-refractivity contribution in [3.05, 3.63) is 0 Å². The molecule has 12 heavy (non-hydrogen) atoms. The lowest BCUT2D eigenvalue weighted by Gasteiger charge is -2.14. The molecular formula is C7H17N3O2. The number of methoxy groups -OCH3 is 1. The molecule has 0 spiro atoms. The third-order valence-corrected chi connectivity index (χ3v) is 1.45. The molecule has 0 aliphatic carbocycles. The lowest BCUT2D eigenvalue weighted by Crippen LogP contribution is -2.32. The molecule has 0 saturated carbocycles. The van der Waals surface area contributed by atoms with E-state index in [1.807, 2.05) is 11.9 Å². The summed E-state index contributed by atoms with van der Waals surface area (Å²) < 4.78 is 4.89. The van der Waals surface area contributed by atoms with E-state index < -0.39 is 0 Å². The van der Waals surface area contributed by atoms with Crippen LogP contribution in [0.4, 0.5) is 0 Å². The van der Waals surface area contributed by atoms with Crippen LogP contribution in [0.15, 0.2) is 5.16 Å². The predicted octanol–water partition coefficient (Wildman–Crippen LogP) is -0.299. The van der Waals surface area contributed by atoms with Crippen LogP contribution in [0.2, 0.25) is 0 Å². The van der Waals surface area contributed by atoms with Crippen LogP contribution < -0.4 is 5.73 Å². The van der Waals surface area contributed by atoms with Gasteiger partial charge in [0.15, 0.2) is 5.84 Å². The van der Waals surface area contributed by atoms with Crippen molar-refractivity contribution < 1.29 is 9.94 Å². The van der Waals surface area contributed by atoms with Crippen LogP contribution in [0, 0.1) is 0 Å². The van der Waals surface area contributed by atoms with E-state index in [-0.39, 0.29) is 5.84 Å². The summed E-state index contributed by atoms with van der Waals surface area (Å²) >= 11 is 0. The maximum absolute atomic E-state index is 8.27. The third kappa shape index (κ3) is 5.94. The second-order valence-electron chi connectivity index (χ2n) is 2.68. The van der Waals surface area contributed by atoms with Crippen molar-refractivity contribution in [2.75, 3.05) is 33.9 Å². The molecule has 0 saturated heterocycles. The molecule has 72 valence electrons. The van der Waals surface area contributed by atoms with Crippen LogP contribution in [0.3, 0.4) is 0 Å². The van der Waals surface area contributed by atoms with Crippen LogP contribution in [0.25, 0.3) is 0 Å². The lowest BCUT2D eigenvalue weighted by atomic mass is 10.4. The lowest BCUT2D eigenvalue weighted by molar-refractivity contribution is 0.182. The Morgan fingerprint density at radius 3 is 2.83 bits per heavy atom. The molecule has 0 aliphatic heterocycles. The van der Waals surface area contributed by atoms with Gasteiger partial charge >= 0.3 is 0 Å². The SMILES string of the molecule is COCCCN(C)CC(N)=NO. The number of nitrogens with zero attached hydrogens (tertiary/aromatic N) is 2. The highest BCUT2D eigenvalue weighted by Crippen LogP contribution is 1.87. The van der Waals surface area contributed by atoms with Crippen LogP contribution in [-0.4, -0.2) is 49.8 Å². The number of rotatable bonds is 6. The maximum atomic E-state index is 8.27. The molecule has 0 aromatic heterocycles. The van der Waals surface area contributed by atoms with Gasteiger partial charge in [-0.3, -0.25) is 4.90 Å². The first-order valence-electron chi connectivity index (χ1n) is 3.84. The monoisotopic (exact) mass is 175 g/mol. The fourth-order valence-electron chi connectivity index (χ4n) is 0.866. The molecule has 0 bridgehead atoms. The summed E-state index contributed by atoms with van der Waals surface area (Å²) in [5, 5.41) is 11.1. The zero-order valence-corrected chi connectivity index (χ0v) is 7.66. The van der Waals surface area contributed by atoms with Gasteiger partial charge in [0, 0.05) is 20.3 Å². The fraction of sp³-hybridized carbons (Fsp3) is 0.857. The average Bonchev–Trinajstić information content (AvgIpc) is 2.05. The van der Waals surface area contributed by atoms with Crippen molar-refractivity contribution in [2.45, 2.75) is 6.42 Å². The Morgan fingerprint density at radius 1 is 1.67 bits per heavy atom. The van der Waals surface area contributed by atoms with Gasteiger partial charge in [-0.1, -0.05) is 5.16 Å². The van der Waals surface area contributed by atoms with Crippen molar-refractivity contribution in [1.29, 1.82) is 0 Å². The molecule has 5 nitrogen and oxygen atoms in total. The minimum Gasteiger partial charge on any atom is -0.409 e. The van der Waals surface area contributed by atoms with Gasteiger partial charge in [-0.15, -0.1) is 0 Å². The van der Waals surface area contributed by atoms with E-state index in [0.29, 0.717) is 6.54 Å². The normalized spacial score (nSPS) is 12.4. The van der Waals surface area contributed by atoms with Gasteiger partial charge in [0.2, 0.25) is 0 Å². The average molecular weight is 175 g/mol. The smallest absolute Gasteiger partial charge is 0.153 e. The van der Waals surface area contributed by atoms with Gasteiger partial charge in [-0.05, 0) is 13.5 Å². The van der Waals surface area contributed by atoms with Gasteiger partial charge < -0.3 is 15.7 Å².